The number of nitro groups is 3. The van der Waals surface area contributed by atoms with E-state index in [0.29, 0.717) is 10.5 Å². The van der Waals surface area contributed by atoms with Crippen LogP contribution in [0, 0.1) is 30.3 Å². The number of hydrazone groups is 1. The van der Waals surface area contributed by atoms with Crippen molar-refractivity contribution in [3.63, 3.8) is 0 Å². The first-order chi connectivity index (χ1) is 16.7. The monoisotopic (exact) mass is 497 g/mol. The average Bonchev–Trinajstić information content (AvgIpc) is 2.84. The zero-order valence-corrected chi connectivity index (χ0v) is 18.4. The Morgan fingerprint density at radius 1 is 0.886 bits per heavy atom. The first-order valence-corrected chi connectivity index (χ1v) is 10.6. The maximum Gasteiger partial charge on any atom is 0.318 e. The zero-order valence-electron chi connectivity index (χ0n) is 17.6. The van der Waals surface area contributed by atoms with E-state index in [1.54, 1.807) is 24.3 Å². The molecule has 0 radical (unpaired) electrons. The smallest absolute Gasteiger partial charge is 0.318 e. The van der Waals surface area contributed by atoms with Crippen molar-refractivity contribution in [1.29, 1.82) is 0 Å². The van der Waals surface area contributed by atoms with E-state index in [-0.39, 0.29) is 28.8 Å². The molecule has 0 aliphatic heterocycles. The Kier molecular flexibility index (Phi) is 8.02. The fourth-order valence-corrected chi connectivity index (χ4v) is 3.31. The highest BCUT2D eigenvalue weighted by Crippen LogP contribution is 2.34. The molecule has 0 aromatic heterocycles. The van der Waals surface area contributed by atoms with Gasteiger partial charge in [0.05, 0.1) is 32.8 Å². The van der Waals surface area contributed by atoms with Crippen molar-refractivity contribution in [2.45, 2.75) is 4.90 Å². The van der Waals surface area contributed by atoms with Crippen LogP contribution in [0.3, 0.4) is 0 Å². The lowest BCUT2D eigenvalue weighted by Crippen LogP contribution is -2.19. The zero-order chi connectivity index (χ0) is 25.4. The molecule has 178 valence electrons. The number of benzene rings is 3. The standard InChI is InChI=1S/C21H15N5O8S/c27-21(13-35-18-8-3-15(4-9-18)24(28)29)23-22-12-14-1-6-17(7-2-14)34-20-10-5-16(25(30)31)11-19(20)26(32)33/h1-12H,13H2,(H,23,27)/b22-12+. The molecule has 0 unspecified atom stereocenters. The lowest BCUT2D eigenvalue weighted by molar-refractivity contribution is -0.394. The van der Waals surface area contributed by atoms with Crippen molar-refractivity contribution < 1.29 is 24.3 Å². The molecule has 1 amide bonds. The van der Waals surface area contributed by atoms with E-state index in [9.17, 15) is 35.1 Å². The van der Waals surface area contributed by atoms with Gasteiger partial charge in [0.1, 0.15) is 5.75 Å². The summed E-state index contributed by atoms with van der Waals surface area (Å²) in [6, 6.07) is 15.1. The molecule has 14 heteroatoms. The Morgan fingerprint density at radius 3 is 2.11 bits per heavy atom. The summed E-state index contributed by atoms with van der Waals surface area (Å²) in [6.45, 7) is 0. The predicted molar refractivity (Wildman–Crippen MR) is 126 cm³/mol. The summed E-state index contributed by atoms with van der Waals surface area (Å²) >= 11 is 1.19. The Bertz CT molecular complexity index is 1300. The van der Waals surface area contributed by atoms with Crippen LogP contribution >= 0.6 is 11.8 Å². The number of non-ortho nitro benzene ring substituents is 2. The number of rotatable bonds is 10. The summed E-state index contributed by atoms with van der Waals surface area (Å²) in [4.78, 5) is 43.3. The third kappa shape index (κ3) is 7.06. The fraction of sp³-hybridized carbons (Fsp3) is 0.0476. The van der Waals surface area contributed by atoms with Crippen LogP contribution in [0.15, 0.2) is 76.7 Å². The third-order valence-electron chi connectivity index (χ3n) is 4.28. The van der Waals surface area contributed by atoms with Crippen LogP contribution in [0.5, 0.6) is 11.5 Å². The topological polar surface area (TPSA) is 180 Å². The lowest BCUT2D eigenvalue weighted by Gasteiger charge is -2.06. The molecule has 0 spiro atoms. The van der Waals surface area contributed by atoms with E-state index in [1.807, 2.05) is 0 Å². The van der Waals surface area contributed by atoms with Gasteiger partial charge < -0.3 is 4.74 Å². The minimum absolute atomic E-state index is 0.0363. The van der Waals surface area contributed by atoms with E-state index >= 15 is 0 Å². The van der Waals surface area contributed by atoms with Gasteiger partial charge in [0.15, 0.2) is 0 Å². The number of amides is 1. The molecule has 35 heavy (non-hydrogen) atoms. The maximum absolute atomic E-state index is 11.9. The Hall–Kier alpha value is -4.85. The highest BCUT2D eigenvalue weighted by atomic mass is 32.2. The van der Waals surface area contributed by atoms with Crippen LogP contribution < -0.4 is 10.2 Å². The molecule has 3 aromatic rings. The van der Waals surface area contributed by atoms with Crippen LogP contribution in [0.1, 0.15) is 5.56 Å². The number of nitrogens with one attached hydrogen (secondary N) is 1. The minimum Gasteiger partial charge on any atom is -0.450 e. The van der Waals surface area contributed by atoms with Gasteiger partial charge in [0.2, 0.25) is 11.7 Å². The van der Waals surface area contributed by atoms with Gasteiger partial charge in [-0.3, -0.25) is 35.1 Å². The summed E-state index contributed by atoms with van der Waals surface area (Å²) in [6.07, 6.45) is 1.38. The van der Waals surface area contributed by atoms with Crippen LogP contribution in [0.25, 0.3) is 0 Å². The summed E-state index contributed by atoms with van der Waals surface area (Å²) in [5.74, 6) is -0.229. The lowest BCUT2D eigenvalue weighted by atomic mass is 10.2. The van der Waals surface area contributed by atoms with Crippen molar-refractivity contribution in [3.8, 4) is 11.5 Å². The summed E-state index contributed by atoms with van der Waals surface area (Å²) in [7, 11) is 0. The summed E-state index contributed by atoms with van der Waals surface area (Å²) in [5, 5.41) is 36.5. The summed E-state index contributed by atoms with van der Waals surface area (Å²) < 4.78 is 5.48. The molecule has 3 aromatic carbocycles. The van der Waals surface area contributed by atoms with Crippen molar-refractivity contribution >= 4 is 40.9 Å². The van der Waals surface area contributed by atoms with Gasteiger partial charge in [-0.25, -0.2) is 5.43 Å². The number of carbonyl (C=O) groups is 1. The van der Waals surface area contributed by atoms with E-state index < -0.39 is 26.1 Å². The van der Waals surface area contributed by atoms with Crippen molar-refractivity contribution in [2.24, 2.45) is 5.10 Å². The van der Waals surface area contributed by atoms with Gasteiger partial charge in [-0.15, -0.1) is 11.8 Å². The largest absolute Gasteiger partial charge is 0.450 e. The summed E-state index contributed by atoms with van der Waals surface area (Å²) in [5.41, 5.74) is 1.95. The molecule has 0 aliphatic rings. The molecule has 3 rings (SSSR count). The number of carbonyl (C=O) groups excluding carboxylic acids is 1. The normalized spacial score (nSPS) is 10.6. The SMILES string of the molecule is O=C(CSc1ccc([N+](=O)[O-])cc1)N/N=C/c1ccc(Oc2ccc([N+](=O)[O-])cc2[N+](=O)[O-])cc1. The maximum atomic E-state index is 11.9. The van der Waals surface area contributed by atoms with Crippen LogP contribution in [0.2, 0.25) is 0 Å². The first-order valence-electron chi connectivity index (χ1n) is 9.63. The first kappa shape index (κ1) is 24.8. The molecule has 0 heterocycles. The molecule has 0 bridgehead atoms. The fourth-order valence-electron chi connectivity index (χ4n) is 2.62. The Balaban J connectivity index is 1.53. The van der Waals surface area contributed by atoms with Gasteiger partial charge in [0, 0.05) is 23.1 Å². The number of hydrogen-bond donors (Lipinski definition) is 1. The number of thioether (sulfide) groups is 1. The molecule has 1 N–H and O–H groups in total. The van der Waals surface area contributed by atoms with E-state index in [4.69, 9.17) is 4.74 Å². The molecular weight excluding hydrogens is 482 g/mol. The van der Waals surface area contributed by atoms with E-state index in [1.165, 1.54) is 42.2 Å². The minimum atomic E-state index is -0.772. The van der Waals surface area contributed by atoms with Crippen molar-refractivity contribution in [2.75, 3.05) is 5.75 Å². The predicted octanol–water partition coefficient (Wildman–Crippen LogP) is 4.45. The van der Waals surface area contributed by atoms with Crippen molar-refractivity contribution in [3.05, 3.63) is 103 Å². The highest BCUT2D eigenvalue weighted by Gasteiger charge is 2.21. The van der Waals surface area contributed by atoms with Gasteiger partial charge in [-0.2, -0.15) is 5.10 Å². The molecule has 0 saturated heterocycles. The molecule has 13 nitrogen and oxygen atoms in total. The number of nitrogens with zero attached hydrogens (tertiary/aromatic N) is 4. The van der Waals surface area contributed by atoms with Gasteiger partial charge in [-0.1, -0.05) is 0 Å². The Morgan fingerprint density at radius 2 is 1.51 bits per heavy atom. The number of ether oxygens (including phenoxy) is 1. The van der Waals surface area contributed by atoms with Crippen LogP contribution in [-0.4, -0.2) is 32.6 Å². The van der Waals surface area contributed by atoms with E-state index in [0.717, 1.165) is 18.2 Å². The third-order valence-corrected chi connectivity index (χ3v) is 5.29. The van der Waals surface area contributed by atoms with Gasteiger partial charge >= 0.3 is 5.69 Å². The second kappa shape index (κ2) is 11.3. The quantitative estimate of drug-likeness (QED) is 0.183. The number of hydrogen-bond acceptors (Lipinski definition) is 10. The van der Waals surface area contributed by atoms with Gasteiger partial charge in [-0.05, 0) is 48.0 Å². The molecule has 0 aliphatic carbocycles. The molecule has 0 saturated carbocycles. The number of nitro benzene ring substituents is 3. The molecule has 0 atom stereocenters. The van der Waals surface area contributed by atoms with Crippen molar-refractivity contribution in [1.82, 2.24) is 5.43 Å². The second-order valence-corrected chi connectivity index (χ2v) is 7.72. The average molecular weight is 497 g/mol. The van der Waals surface area contributed by atoms with Crippen LogP contribution in [0.4, 0.5) is 17.1 Å². The second-order valence-electron chi connectivity index (χ2n) is 6.67. The van der Waals surface area contributed by atoms with E-state index in [2.05, 4.69) is 10.5 Å². The van der Waals surface area contributed by atoms with Gasteiger partial charge in [0.25, 0.3) is 11.4 Å². The Labute approximate surface area is 200 Å². The van der Waals surface area contributed by atoms with Crippen LogP contribution in [-0.2, 0) is 4.79 Å². The molecular formula is C21H15N5O8S. The highest BCUT2D eigenvalue weighted by molar-refractivity contribution is 8.00. The molecule has 0 fully saturated rings.